The Morgan fingerprint density at radius 1 is 1.27 bits per heavy atom. The number of Topliss-reactive ketones (excluding diaryl/α,β-unsaturated/α-hetero) is 1. The molecule has 0 spiro atoms. The molecule has 0 amide bonds. The molecule has 1 fully saturated rings. The number of β-amino-alcohol motifs (C(OH)–C–C–N with tert-alkyl or cyclic N) is 1. The molecule has 1 saturated heterocycles. The van der Waals surface area contributed by atoms with Gasteiger partial charge in [-0.1, -0.05) is 23.9 Å². The first kappa shape index (κ1) is 20.4. The van der Waals surface area contributed by atoms with Crippen LogP contribution < -0.4 is 19.5 Å². The largest absolute Gasteiger partial charge is 0.872 e. The highest BCUT2D eigenvalue weighted by molar-refractivity contribution is 6.14. The molecule has 2 N–H and O–H groups in total. The molecule has 30 heavy (non-hydrogen) atoms. The summed E-state index contributed by atoms with van der Waals surface area (Å²) in [5, 5.41) is 21.7. The van der Waals surface area contributed by atoms with E-state index in [1.807, 2.05) is 24.3 Å². The normalized spacial score (nSPS) is 18.5. The van der Waals surface area contributed by atoms with E-state index in [2.05, 4.69) is 4.90 Å². The highest BCUT2D eigenvalue weighted by atomic mass is 16.5. The van der Waals surface area contributed by atoms with Crippen LogP contribution in [0.2, 0.25) is 0 Å². The second-order valence-electron chi connectivity index (χ2n) is 7.63. The van der Waals surface area contributed by atoms with E-state index in [4.69, 9.17) is 14.6 Å². The monoisotopic (exact) mass is 410 g/mol. The lowest BCUT2D eigenvalue weighted by Crippen LogP contribution is -3.13. The number of methoxy groups -OCH3 is 1. The second-order valence-corrected chi connectivity index (χ2v) is 7.63. The predicted octanol–water partition coefficient (Wildman–Crippen LogP) is 0.0778. The number of hydrogen-bond donors (Lipinski definition) is 2. The summed E-state index contributed by atoms with van der Waals surface area (Å²) in [7, 11) is 1.59. The van der Waals surface area contributed by atoms with Gasteiger partial charge in [-0.05, 0) is 29.8 Å². The predicted molar refractivity (Wildman–Crippen MR) is 110 cm³/mol. The zero-order valence-corrected chi connectivity index (χ0v) is 17.0. The van der Waals surface area contributed by atoms with E-state index in [0.29, 0.717) is 35.7 Å². The number of carbonyl (C=O) groups is 1. The summed E-state index contributed by atoms with van der Waals surface area (Å²) in [5.74, 6) is 0.991. The van der Waals surface area contributed by atoms with Gasteiger partial charge in [0, 0.05) is 25.2 Å². The summed E-state index contributed by atoms with van der Waals surface area (Å²) in [6, 6.07) is 10.4. The molecule has 7 nitrogen and oxygen atoms in total. The molecule has 0 aliphatic carbocycles. The van der Waals surface area contributed by atoms with Crippen molar-refractivity contribution in [1.82, 2.24) is 4.90 Å². The fourth-order valence-electron chi connectivity index (χ4n) is 4.00. The van der Waals surface area contributed by atoms with Crippen LogP contribution in [-0.4, -0.2) is 62.2 Å². The van der Waals surface area contributed by atoms with Crippen LogP contribution >= 0.6 is 0 Å². The summed E-state index contributed by atoms with van der Waals surface area (Å²) in [5.41, 5.74) is 1.79. The van der Waals surface area contributed by atoms with Crippen molar-refractivity contribution in [3.8, 4) is 17.2 Å². The molecule has 2 heterocycles. The molecule has 2 aromatic carbocycles. The third-order valence-corrected chi connectivity index (χ3v) is 5.70. The first-order valence-electron chi connectivity index (χ1n) is 10.2. The van der Waals surface area contributed by atoms with Crippen molar-refractivity contribution in [2.24, 2.45) is 0 Å². The molecule has 7 heteroatoms. The van der Waals surface area contributed by atoms with Crippen LogP contribution in [0.15, 0.2) is 42.2 Å². The van der Waals surface area contributed by atoms with Crippen molar-refractivity contribution in [1.29, 1.82) is 0 Å². The zero-order valence-electron chi connectivity index (χ0n) is 17.0. The number of fused-ring (bicyclic) bond motifs is 1. The fourth-order valence-corrected chi connectivity index (χ4v) is 4.00. The molecule has 2 aromatic rings. The minimum atomic E-state index is -0.211. The highest BCUT2D eigenvalue weighted by Crippen LogP contribution is 2.38. The lowest BCUT2D eigenvalue weighted by molar-refractivity contribution is -0.918. The quantitative estimate of drug-likeness (QED) is 0.656. The van der Waals surface area contributed by atoms with E-state index in [0.717, 1.165) is 31.7 Å². The van der Waals surface area contributed by atoms with Gasteiger partial charge in [0.05, 0.1) is 32.4 Å². The lowest BCUT2D eigenvalue weighted by Gasteiger charge is -2.32. The van der Waals surface area contributed by atoms with Gasteiger partial charge in [0.2, 0.25) is 5.78 Å². The minimum Gasteiger partial charge on any atom is -0.872 e. The van der Waals surface area contributed by atoms with Crippen LogP contribution in [0.5, 0.6) is 17.2 Å². The van der Waals surface area contributed by atoms with Crippen LogP contribution in [0.4, 0.5) is 0 Å². The van der Waals surface area contributed by atoms with Gasteiger partial charge >= 0.3 is 0 Å². The van der Waals surface area contributed by atoms with Gasteiger partial charge < -0.3 is 24.6 Å². The summed E-state index contributed by atoms with van der Waals surface area (Å²) in [4.78, 5) is 16.4. The van der Waals surface area contributed by atoms with Gasteiger partial charge in [0.15, 0.2) is 5.76 Å². The average Bonchev–Trinajstić information content (AvgIpc) is 3.07. The number of ketones is 1. The molecule has 0 unspecified atom stereocenters. The fraction of sp³-hybridized carbons (Fsp3) is 0.348. The Bertz CT molecular complexity index is 964. The molecule has 0 bridgehead atoms. The summed E-state index contributed by atoms with van der Waals surface area (Å²) in [6.07, 6.45) is 1.68. The van der Waals surface area contributed by atoms with E-state index in [1.165, 1.54) is 11.0 Å². The molecule has 0 aromatic heterocycles. The Balaban J connectivity index is 1.55. The number of quaternary nitrogens is 1. The van der Waals surface area contributed by atoms with Crippen LogP contribution in [0.25, 0.3) is 6.08 Å². The first-order valence-corrected chi connectivity index (χ1v) is 10.2. The standard InChI is InChI=1S/C23H26N2O5/c1-29-17-4-2-3-16(13-17)14-21-22(28)18-5-6-20(27)19(23(18)30-21)15-25-9-7-24(8-10-25)11-12-26/h2-6,13-14,26-27H,7-12,15H2,1H3/b21-14-. The second kappa shape index (κ2) is 8.87. The summed E-state index contributed by atoms with van der Waals surface area (Å²) >= 11 is 0. The molecule has 158 valence electrons. The maximum absolute atomic E-state index is 12.9. The smallest absolute Gasteiger partial charge is 0.231 e. The van der Waals surface area contributed by atoms with Crippen LogP contribution in [-0.2, 0) is 6.54 Å². The number of rotatable bonds is 6. The third-order valence-electron chi connectivity index (χ3n) is 5.70. The average molecular weight is 410 g/mol. The van der Waals surface area contributed by atoms with Gasteiger partial charge in [-0.15, -0.1) is 0 Å². The maximum atomic E-state index is 12.9. The van der Waals surface area contributed by atoms with E-state index in [1.54, 1.807) is 19.3 Å². The topological polar surface area (TPSA) is 86.5 Å². The Morgan fingerprint density at radius 2 is 2.07 bits per heavy atom. The van der Waals surface area contributed by atoms with Crippen LogP contribution in [0.3, 0.4) is 0 Å². The highest BCUT2D eigenvalue weighted by Gasteiger charge is 2.31. The third kappa shape index (κ3) is 4.18. The molecule has 0 saturated carbocycles. The van der Waals surface area contributed by atoms with E-state index in [9.17, 15) is 9.90 Å². The molecule has 4 rings (SSSR count). The SMILES string of the molecule is COc1cccc(/C=C2\Oc3c(ccc([O-])c3C[NH+]3CCN(CCO)CC3)C2=O)c1. The minimum absolute atomic E-state index is 0.102. The van der Waals surface area contributed by atoms with Crippen molar-refractivity contribution >= 4 is 11.9 Å². The van der Waals surface area contributed by atoms with Gasteiger partial charge in [-0.3, -0.25) is 9.69 Å². The molecule has 2 aliphatic rings. The Labute approximate surface area is 175 Å². The molecule has 0 radical (unpaired) electrons. The zero-order chi connectivity index (χ0) is 21.1. The van der Waals surface area contributed by atoms with Crippen molar-refractivity contribution in [2.45, 2.75) is 6.54 Å². The lowest BCUT2D eigenvalue weighted by atomic mass is 10.0. The Morgan fingerprint density at radius 3 is 2.80 bits per heavy atom. The van der Waals surface area contributed by atoms with Crippen molar-refractivity contribution in [3.05, 3.63) is 58.8 Å². The van der Waals surface area contributed by atoms with E-state index >= 15 is 0 Å². The molecular formula is C23H26N2O5. The van der Waals surface area contributed by atoms with Crippen molar-refractivity contribution in [2.75, 3.05) is 46.4 Å². The van der Waals surface area contributed by atoms with Gasteiger partial charge in [0.1, 0.15) is 18.0 Å². The number of aliphatic hydroxyl groups is 1. The summed E-state index contributed by atoms with van der Waals surface area (Å²) < 4.78 is 11.2. The molecule has 0 atom stereocenters. The van der Waals surface area contributed by atoms with Crippen molar-refractivity contribution < 1.29 is 29.4 Å². The molecular weight excluding hydrogens is 384 g/mol. The molecule has 2 aliphatic heterocycles. The van der Waals surface area contributed by atoms with Crippen LogP contribution in [0.1, 0.15) is 21.5 Å². The number of carbonyl (C=O) groups excluding carboxylic acids is 1. The number of nitrogens with zero attached hydrogens (tertiary/aromatic N) is 1. The summed E-state index contributed by atoms with van der Waals surface area (Å²) in [6.45, 7) is 4.86. The maximum Gasteiger partial charge on any atom is 0.231 e. The number of ether oxygens (including phenoxy) is 2. The van der Waals surface area contributed by atoms with Crippen molar-refractivity contribution in [3.63, 3.8) is 0 Å². The number of hydrogen-bond acceptors (Lipinski definition) is 6. The van der Waals surface area contributed by atoms with E-state index < -0.39 is 0 Å². The number of allylic oxidation sites excluding steroid dienone is 1. The van der Waals surface area contributed by atoms with E-state index in [-0.39, 0.29) is 23.9 Å². The van der Waals surface area contributed by atoms with Gasteiger partial charge in [-0.2, -0.15) is 0 Å². The van der Waals surface area contributed by atoms with Gasteiger partial charge in [0.25, 0.3) is 0 Å². The van der Waals surface area contributed by atoms with Crippen LogP contribution in [0, 0.1) is 0 Å². The number of aliphatic hydroxyl groups excluding tert-OH is 1. The number of benzene rings is 2. The number of nitrogens with one attached hydrogen (secondary N) is 1. The first-order chi connectivity index (χ1) is 14.6. The Hall–Kier alpha value is -2.87. The van der Waals surface area contributed by atoms with Gasteiger partial charge in [-0.25, -0.2) is 0 Å². The Kier molecular flexibility index (Phi) is 6.03. The number of piperazine rings is 1.